The van der Waals surface area contributed by atoms with E-state index in [4.69, 9.17) is 0 Å². The SMILES string of the molecule is Cc1ccc(S(=O)(=O)NCCC(=O)NC(C)c2ccc(S(=O)(=O)N(C)C)cc2)c(C)c1. The molecule has 0 aliphatic carbocycles. The van der Waals surface area contributed by atoms with E-state index in [2.05, 4.69) is 10.0 Å². The second kappa shape index (κ2) is 9.90. The Hall–Kier alpha value is -2.27. The molecule has 2 rings (SSSR count). The van der Waals surface area contributed by atoms with E-state index in [1.165, 1.54) is 26.2 Å². The maximum atomic E-state index is 12.5. The third kappa shape index (κ3) is 6.36. The number of benzene rings is 2. The summed E-state index contributed by atoms with van der Waals surface area (Å²) < 4.78 is 52.8. The molecule has 1 unspecified atom stereocenters. The summed E-state index contributed by atoms with van der Waals surface area (Å²) in [5.41, 5.74) is 2.35. The summed E-state index contributed by atoms with van der Waals surface area (Å²) in [6.07, 6.45) is -0.0262. The van der Waals surface area contributed by atoms with Gasteiger partial charge in [-0.05, 0) is 50.1 Å². The molecule has 0 aliphatic rings. The van der Waals surface area contributed by atoms with Crippen LogP contribution < -0.4 is 10.0 Å². The normalized spacial score (nSPS) is 13.2. The Morgan fingerprint density at radius 3 is 2.16 bits per heavy atom. The molecule has 0 bridgehead atoms. The van der Waals surface area contributed by atoms with Gasteiger partial charge >= 0.3 is 0 Å². The molecule has 0 saturated heterocycles. The molecule has 31 heavy (non-hydrogen) atoms. The second-order valence-electron chi connectivity index (χ2n) is 7.56. The highest BCUT2D eigenvalue weighted by atomic mass is 32.2. The van der Waals surface area contributed by atoms with Gasteiger partial charge in [0.1, 0.15) is 0 Å². The molecule has 0 aliphatic heterocycles. The highest BCUT2D eigenvalue weighted by Crippen LogP contribution is 2.19. The molecule has 10 heteroatoms. The fourth-order valence-corrected chi connectivity index (χ4v) is 5.17. The van der Waals surface area contributed by atoms with E-state index in [1.54, 1.807) is 44.2 Å². The van der Waals surface area contributed by atoms with Gasteiger partial charge in [0.05, 0.1) is 15.8 Å². The third-order valence-electron chi connectivity index (χ3n) is 4.80. The molecule has 2 aromatic carbocycles. The van der Waals surface area contributed by atoms with Crippen LogP contribution in [0.2, 0.25) is 0 Å². The minimum absolute atomic E-state index is 0.0262. The lowest BCUT2D eigenvalue weighted by atomic mass is 10.1. The van der Waals surface area contributed by atoms with Gasteiger partial charge in [0.2, 0.25) is 26.0 Å². The quantitative estimate of drug-likeness (QED) is 0.586. The summed E-state index contributed by atoms with van der Waals surface area (Å²) in [4.78, 5) is 12.6. The smallest absolute Gasteiger partial charge is 0.242 e. The molecule has 8 nitrogen and oxygen atoms in total. The minimum Gasteiger partial charge on any atom is -0.350 e. The molecule has 1 atom stereocenters. The van der Waals surface area contributed by atoms with Gasteiger partial charge in [0, 0.05) is 27.1 Å². The number of carbonyl (C=O) groups is 1. The van der Waals surface area contributed by atoms with Crippen LogP contribution in [-0.4, -0.2) is 47.7 Å². The van der Waals surface area contributed by atoms with Crippen LogP contribution in [0.15, 0.2) is 52.3 Å². The largest absolute Gasteiger partial charge is 0.350 e. The number of nitrogens with one attached hydrogen (secondary N) is 2. The standard InChI is InChI=1S/C21H29N3O5S2/c1-15-6-11-20(16(2)14-15)30(26,27)22-13-12-21(25)23-17(3)18-7-9-19(10-8-18)31(28,29)24(4)5/h6-11,14,17,22H,12-13H2,1-5H3,(H,23,25). The predicted octanol–water partition coefficient (Wildman–Crippen LogP) is 2.10. The first-order valence-corrected chi connectivity index (χ1v) is 12.7. The molecule has 170 valence electrons. The highest BCUT2D eigenvalue weighted by molar-refractivity contribution is 7.89. The first-order valence-electron chi connectivity index (χ1n) is 9.73. The zero-order chi connectivity index (χ0) is 23.4. The lowest BCUT2D eigenvalue weighted by Crippen LogP contribution is -2.32. The van der Waals surface area contributed by atoms with Crippen molar-refractivity contribution in [1.82, 2.24) is 14.3 Å². The van der Waals surface area contributed by atoms with Crippen molar-refractivity contribution in [3.63, 3.8) is 0 Å². The molecular weight excluding hydrogens is 438 g/mol. The van der Waals surface area contributed by atoms with Crippen LogP contribution in [-0.2, 0) is 24.8 Å². The van der Waals surface area contributed by atoms with E-state index in [9.17, 15) is 21.6 Å². The van der Waals surface area contributed by atoms with Crippen LogP contribution in [0.3, 0.4) is 0 Å². The van der Waals surface area contributed by atoms with Crippen molar-refractivity contribution >= 4 is 26.0 Å². The minimum atomic E-state index is -3.70. The van der Waals surface area contributed by atoms with E-state index >= 15 is 0 Å². The van der Waals surface area contributed by atoms with E-state index in [1.807, 2.05) is 6.92 Å². The Balaban J connectivity index is 1.92. The molecular formula is C21H29N3O5S2. The Kier molecular flexibility index (Phi) is 7.98. The summed E-state index contributed by atoms with van der Waals surface area (Å²) >= 11 is 0. The summed E-state index contributed by atoms with van der Waals surface area (Å²) in [5, 5.41) is 2.79. The van der Waals surface area contributed by atoms with Crippen LogP contribution in [0.1, 0.15) is 36.1 Å². The topological polar surface area (TPSA) is 113 Å². The van der Waals surface area contributed by atoms with Gasteiger partial charge in [-0.2, -0.15) is 0 Å². The molecule has 2 N–H and O–H groups in total. The second-order valence-corrected chi connectivity index (χ2v) is 11.4. The molecule has 0 fully saturated rings. The zero-order valence-electron chi connectivity index (χ0n) is 18.3. The summed E-state index contributed by atoms with van der Waals surface area (Å²) in [7, 11) is -4.30. The van der Waals surface area contributed by atoms with Crippen molar-refractivity contribution in [2.24, 2.45) is 0 Å². The van der Waals surface area contributed by atoms with Gasteiger partial charge in [-0.15, -0.1) is 0 Å². The average Bonchev–Trinajstić information content (AvgIpc) is 2.67. The predicted molar refractivity (Wildman–Crippen MR) is 120 cm³/mol. The molecule has 0 spiro atoms. The Bertz CT molecular complexity index is 1140. The molecule has 1 amide bonds. The number of aryl methyl sites for hydroxylation is 2. The van der Waals surface area contributed by atoms with Gasteiger partial charge in [-0.3, -0.25) is 4.79 Å². The number of hydrogen-bond acceptors (Lipinski definition) is 5. The van der Waals surface area contributed by atoms with Gasteiger partial charge in [-0.1, -0.05) is 29.8 Å². The van der Waals surface area contributed by atoms with Crippen molar-refractivity contribution in [3.8, 4) is 0 Å². The first kappa shape index (κ1) is 25.0. The number of sulfonamides is 2. The van der Waals surface area contributed by atoms with Crippen molar-refractivity contribution in [2.45, 2.75) is 43.0 Å². The molecule has 0 aromatic heterocycles. The third-order valence-corrected chi connectivity index (χ3v) is 8.25. The van der Waals surface area contributed by atoms with Crippen LogP contribution in [0.5, 0.6) is 0 Å². The maximum absolute atomic E-state index is 12.5. The Labute approximate surface area is 184 Å². The number of rotatable bonds is 9. The highest BCUT2D eigenvalue weighted by Gasteiger charge is 2.19. The molecule has 0 saturated carbocycles. The summed E-state index contributed by atoms with van der Waals surface area (Å²) in [6, 6.07) is 11.0. The zero-order valence-corrected chi connectivity index (χ0v) is 20.0. The van der Waals surface area contributed by atoms with Crippen molar-refractivity contribution in [2.75, 3.05) is 20.6 Å². The monoisotopic (exact) mass is 467 g/mol. The van der Waals surface area contributed by atoms with E-state index < -0.39 is 20.0 Å². The summed E-state index contributed by atoms with van der Waals surface area (Å²) in [6.45, 7) is 5.35. The fourth-order valence-electron chi connectivity index (χ4n) is 3.01. The number of carbonyl (C=O) groups excluding carboxylic acids is 1. The Morgan fingerprint density at radius 2 is 1.61 bits per heavy atom. The molecule has 0 radical (unpaired) electrons. The van der Waals surface area contributed by atoms with E-state index in [0.29, 0.717) is 5.56 Å². The van der Waals surface area contributed by atoms with Gasteiger partial charge < -0.3 is 5.32 Å². The van der Waals surface area contributed by atoms with Crippen molar-refractivity contribution < 1.29 is 21.6 Å². The average molecular weight is 468 g/mol. The van der Waals surface area contributed by atoms with Crippen LogP contribution in [0, 0.1) is 13.8 Å². The van der Waals surface area contributed by atoms with Crippen molar-refractivity contribution in [3.05, 3.63) is 59.2 Å². The van der Waals surface area contributed by atoms with Crippen molar-refractivity contribution in [1.29, 1.82) is 0 Å². The van der Waals surface area contributed by atoms with E-state index in [-0.39, 0.29) is 34.7 Å². The number of nitrogens with zero attached hydrogens (tertiary/aromatic N) is 1. The summed E-state index contributed by atoms with van der Waals surface area (Å²) in [5.74, 6) is -0.319. The van der Waals surface area contributed by atoms with Gasteiger partial charge in [0.25, 0.3) is 0 Å². The Morgan fingerprint density at radius 1 is 1.00 bits per heavy atom. The first-order chi connectivity index (χ1) is 14.3. The van der Waals surface area contributed by atoms with Crippen LogP contribution >= 0.6 is 0 Å². The lowest BCUT2D eigenvalue weighted by molar-refractivity contribution is -0.121. The maximum Gasteiger partial charge on any atom is 0.242 e. The molecule has 0 heterocycles. The lowest BCUT2D eigenvalue weighted by Gasteiger charge is -2.16. The fraction of sp³-hybridized carbons (Fsp3) is 0.381. The van der Waals surface area contributed by atoms with E-state index in [0.717, 1.165) is 15.4 Å². The molecule has 2 aromatic rings. The van der Waals surface area contributed by atoms with Crippen LogP contribution in [0.25, 0.3) is 0 Å². The number of amides is 1. The van der Waals surface area contributed by atoms with Gasteiger partial charge in [-0.25, -0.2) is 25.9 Å². The van der Waals surface area contributed by atoms with Crippen LogP contribution in [0.4, 0.5) is 0 Å². The number of hydrogen-bond donors (Lipinski definition) is 2. The van der Waals surface area contributed by atoms with Gasteiger partial charge in [0.15, 0.2) is 0 Å².